The van der Waals surface area contributed by atoms with Crippen LogP contribution < -0.4 is 0 Å². The second kappa shape index (κ2) is 5.45. The summed E-state index contributed by atoms with van der Waals surface area (Å²) in [4.78, 5) is 12.3. The molecule has 4 aromatic rings. The molecule has 0 atom stereocenters. The highest BCUT2D eigenvalue weighted by Gasteiger charge is 2.17. The highest BCUT2D eigenvalue weighted by atomic mass is 19.1. The lowest BCUT2D eigenvalue weighted by molar-refractivity contribution is 0.589. The normalized spacial score (nSPS) is 11.1. The summed E-state index contributed by atoms with van der Waals surface area (Å²) in [7, 11) is 1.77. The van der Waals surface area contributed by atoms with Crippen molar-refractivity contribution in [3.05, 3.63) is 60.7 Å². The molecule has 0 aromatic carbocycles. The Morgan fingerprint density at radius 3 is 2.62 bits per heavy atom. The first kappa shape index (κ1) is 14.4. The fraction of sp³-hybridized carbons (Fsp3) is 0.0588. The van der Waals surface area contributed by atoms with Gasteiger partial charge in [0.05, 0.1) is 22.9 Å². The first-order valence-corrected chi connectivity index (χ1v) is 7.19. The van der Waals surface area contributed by atoms with E-state index in [0.717, 1.165) is 11.8 Å². The molecule has 0 aliphatic heterocycles. The summed E-state index contributed by atoms with van der Waals surface area (Å²) in [5.74, 6) is -1.00. The van der Waals surface area contributed by atoms with Crippen LogP contribution in [0.2, 0.25) is 0 Å². The second-order valence-corrected chi connectivity index (χ2v) is 5.29. The molecule has 0 bridgehead atoms. The van der Waals surface area contributed by atoms with Gasteiger partial charge in [-0.05, 0) is 30.3 Å². The van der Waals surface area contributed by atoms with Gasteiger partial charge in [-0.2, -0.15) is 9.49 Å². The Balaban J connectivity index is 1.98. The highest BCUT2D eigenvalue weighted by molar-refractivity contribution is 5.94. The van der Waals surface area contributed by atoms with Crippen molar-refractivity contribution in [3.63, 3.8) is 0 Å². The largest absolute Gasteiger partial charge is 0.274 e. The molecule has 4 heterocycles. The van der Waals surface area contributed by atoms with Crippen molar-refractivity contribution < 1.29 is 8.78 Å². The van der Waals surface area contributed by atoms with Crippen LogP contribution in [0.15, 0.2) is 48.9 Å². The van der Waals surface area contributed by atoms with Crippen molar-refractivity contribution in [1.82, 2.24) is 24.7 Å². The topological polar surface area (TPSA) is 56.5 Å². The monoisotopic (exact) mass is 323 g/mol. The van der Waals surface area contributed by atoms with Gasteiger partial charge in [-0.3, -0.25) is 14.6 Å². The third-order valence-corrected chi connectivity index (χ3v) is 3.64. The quantitative estimate of drug-likeness (QED) is 0.531. The third-order valence-electron chi connectivity index (χ3n) is 3.64. The van der Waals surface area contributed by atoms with E-state index in [9.17, 15) is 8.78 Å². The number of aromatic nitrogens is 5. The molecule has 0 saturated carbocycles. The van der Waals surface area contributed by atoms with Gasteiger partial charge in [-0.1, -0.05) is 0 Å². The van der Waals surface area contributed by atoms with E-state index in [0.29, 0.717) is 28.0 Å². The molecule has 0 spiro atoms. The van der Waals surface area contributed by atoms with Crippen LogP contribution in [-0.2, 0) is 7.05 Å². The van der Waals surface area contributed by atoms with Crippen molar-refractivity contribution >= 4 is 11.0 Å². The van der Waals surface area contributed by atoms with E-state index < -0.39 is 11.8 Å². The van der Waals surface area contributed by atoms with Crippen molar-refractivity contribution in [2.45, 2.75) is 0 Å². The van der Waals surface area contributed by atoms with Gasteiger partial charge in [0.25, 0.3) is 0 Å². The Labute approximate surface area is 135 Å². The van der Waals surface area contributed by atoms with E-state index >= 15 is 0 Å². The average Bonchev–Trinajstić information content (AvgIpc) is 2.96. The van der Waals surface area contributed by atoms with Gasteiger partial charge < -0.3 is 0 Å². The average molecular weight is 323 g/mol. The van der Waals surface area contributed by atoms with Gasteiger partial charge in [0.2, 0.25) is 5.95 Å². The Morgan fingerprint density at radius 1 is 0.958 bits per heavy atom. The van der Waals surface area contributed by atoms with Crippen LogP contribution in [0, 0.1) is 11.8 Å². The number of hydrogen-bond acceptors (Lipinski definition) is 4. The Morgan fingerprint density at radius 2 is 1.83 bits per heavy atom. The summed E-state index contributed by atoms with van der Waals surface area (Å²) >= 11 is 0. The van der Waals surface area contributed by atoms with E-state index in [2.05, 4.69) is 20.1 Å². The molecule has 5 nitrogen and oxygen atoms in total. The maximum absolute atomic E-state index is 13.6. The van der Waals surface area contributed by atoms with Crippen LogP contribution in [0.4, 0.5) is 8.78 Å². The van der Waals surface area contributed by atoms with E-state index in [-0.39, 0.29) is 0 Å². The zero-order chi connectivity index (χ0) is 16.7. The molecule has 24 heavy (non-hydrogen) atoms. The first-order valence-electron chi connectivity index (χ1n) is 7.19. The van der Waals surface area contributed by atoms with E-state index in [1.165, 1.54) is 12.1 Å². The number of aryl methyl sites for hydroxylation is 1. The molecule has 0 amide bonds. The summed E-state index contributed by atoms with van der Waals surface area (Å²) in [5, 5.41) is 4.41. The molecule has 4 aromatic heterocycles. The number of fused-ring (bicyclic) bond motifs is 1. The molecule has 0 radical (unpaired) electrons. The molecular formula is C17H11F2N5. The predicted molar refractivity (Wildman–Crippen MR) is 84.9 cm³/mol. The zero-order valence-electron chi connectivity index (χ0n) is 12.6. The number of hydrogen-bond donors (Lipinski definition) is 0. The van der Waals surface area contributed by atoms with Gasteiger partial charge >= 0.3 is 0 Å². The Kier molecular flexibility index (Phi) is 3.26. The summed E-state index contributed by atoms with van der Waals surface area (Å²) in [5.41, 5.74) is 3.52. The van der Waals surface area contributed by atoms with Gasteiger partial charge in [-0.25, -0.2) is 9.37 Å². The standard InChI is InChI=1S/C17H11F2N5/c1-24-9-12(17(23-24)14-3-2-10(18)8-21-14)11-6-7-20-13-4-5-15(19)22-16(11)13/h2-9H,1H3. The Hall–Kier alpha value is -3.22. The fourth-order valence-electron chi connectivity index (χ4n) is 2.61. The van der Waals surface area contributed by atoms with Crippen LogP contribution in [-0.4, -0.2) is 24.7 Å². The smallest absolute Gasteiger partial charge is 0.213 e. The molecule has 0 aliphatic rings. The number of nitrogens with zero attached hydrogens (tertiary/aromatic N) is 5. The zero-order valence-corrected chi connectivity index (χ0v) is 12.6. The van der Waals surface area contributed by atoms with E-state index in [4.69, 9.17) is 0 Å². The molecule has 0 aliphatic carbocycles. The van der Waals surface area contributed by atoms with Crippen molar-refractivity contribution in [3.8, 4) is 22.5 Å². The number of rotatable bonds is 2. The van der Waals surface area contributed by atoms with Crippen LogP contribution in [0.3, 0.4) is 0 Å². The van der Waals surface area contributed by atoms with Gasteiger partial charge in [0, 0.05) is 30.6 Å². The maximum Gasteiger partial charge on any atom is 0.213 e. The first-order chi connectivity index (χ1) is 11.6. The molecule has 118 valence electrons. The lowest BCUT2D eigenvalue weighted by Crippen LogP contribution is -1.92. The van der Waals surface area contributed by atoms with Crippen molar-refractivity contribution in [2.24, 2.45) is 7.05 Å². The van der Waals surface area contributed by atoms with Crippen LogP contribution in [0.5, 0.6) is 0 Å². The summed E-state index contributed by atoms with van der Waals surface area (Å²) < 4.78 is 28.4. The minimum Gasteiger partial charge on any atom is -0.274 e. The summed E-state index contributed by atoms with van der Waals surface area (Å²) in [6.07, 6.45) is 4.56. The maximum atomic E-state index is 13.6. The van der Waals surface area contributed by atoms with Crippen molar-refractivity contribution in [2.75, 3.05) is 0 Å². The van der Waals surface area contributed by atoms with Crippen LogP contribution >= 0.6 is 0 Å². The molecule has 0 N–H and O–H groups in total. The van der Waals surface area contributed by atoms with Crippen molar-refractivity contribution in [1.29, 1.82) is 0 Å². The summed E-state index contributed by atoms with van der Waals surface area (Å²) in [6, 6.07) is 7.47. The molecule has 0 unspecified atom stereocenters. The van der Waals surface area contributed by atoms with Crippen LogP contribution in [0.1, 0.15) is 0 Å². The second-order valence-electron chi connectivity index (χ2n) is 5.29. The SMILES string of the molecule is Cn1cc(-c2ccnc3ccc(F)nc23)c(-c2ccc(F)cn2)n1. The lowest BCUT2D eigenvalue weighted by atomic mass is 10.0. The highest BCUT2D eigenvalue weighted by Crippen LogP contribution is 2.33. The predicted octanol–water partition coefficient (Wildman–Crippen LogP) is 3.37. The number of halogens is 2. The van der Waals surface area contributed by atoms with Crippen LogP contribution in [0.25, 0.3) is 33.5 Å². The molecular weight excluding hydrogens is 312 g/mol. The summed E-state index contributed by atoms with van der Waals surface area (Å²) in [6.45, 7) is 0. The van der Waals surface area contributed by atoms with Gasteiger partial charge in [0.15, 0.2) is 0 Å². The molecule has 0 fully saturated rings. The molecule has 7 heteroatoms. The molecule has 4 rings (SSSR count). The fourth-order valence-corrected chi connectivity index (χ4v) is 2.61. The van der Waals surface area contributed by atoms with Gasteiger partial charge in [-0.15, -0.1) is 0 Å². The third kappa shape index (κ3) is 2.40. The molecule has 0 saturated heterocycles. The number of pyridine rings is 3. The minimum atomic E-state index is -0.581. The lowest BCUT2D eigenvalue weighted by Gasteiger charge is -2.05. The minimum absolute atomic E-state index is 0.422. The van der Waals surface area contributed by atoms with Gasteiger partial charge in [0.1, 0.15) is 11.5 Å². The van der Waals surface area contributed by atoms with E-state index in [1.54, 1.807) is 42.3 Å². The van der Waals surface area contributed by atoms with E-state index in [1.807, 2.05) is 0 Å². The Bertz CT molecular complexity index is 1040.